The van der Waals surface area contributed by atoms with E-state index in [1.54, 1.807) is 7.05 Å². The number of aryl methyl sites for hydroxylation is 1. The highest BCUT2D eigenvalue weighted by Gasteiger charge is 1.98. The van der Waals surface area contributed by atoms with Gasteiger partial charge in [0.2, 0.25) is 0 Å². The van der Waals surface area contributed by atoms with Gasteiger partial charge in [0.25, 0.3) is 0 Å². The van der Waals surface area contributed by atoms with Gasteiger partial charge in [-0.25, -0.2) is 0 Å². The first-order chi connectivity index (χ1) is 6.77. The van der Waals surface area contributed by atoms with Gasteiger partial charge in [-0.15, -0.1) is 11.8 Å². The van der Waals surface area contributed by atoms with Gasteiger partial charge in [-0.05, 0) is 42.9 Å². The van der Waals surface area contributed by atoms with Gasteiger partial charge in [-0.2, -0.15) is 10.2 Å². The van der Waals surface area contributed by atoms with Crippen molar-refractivity contribution in [1.29, 1.82) is 0 Å². The zero-order chi connectivity index (χ0) is 10.4. The van der Waals surface area contributed by atoms with E-state index in [2.05, 4.69) is 36.2 Å². The molecular weight excluding hydrogens is 192 g/mol. The number of nitrogens with zero attached hydrogens (tertiary/aromatic N) is 2. The summed E-state index contributed by atoms with van der Waals surface area (Å²) in [6.07, 6.45) is 1.21. The topological polar surface area (TPSA) is 24.7 Å². The third-order valence-corrected chi connectivity index (χ3v) is 3.05. The van der Waals surface area contributed by atoms with Crippen molar-refractivity contribution >= 4 is 17.4 Å². The van der Waals surface area contributed by atoms with Crippen LogP contribution in [0.2, 0.25) is 0 Å². The second-order valence-electron chi connectivity index (χ2n) is 3.10. The van der Waals surface area contributed by atoms with Crippen LogP contribution >= 0.6 is 11.8 Å². The third-order valence-electron chi connectivity index (χ3n) is 1.85. The van der Waals surface area contributed by atoms with Crippen LogP contribution in [-0.2, 0) is 0 Å². The van der Waals surface area contributed by atoms with Crippen molar-refractivity contribution in [2.24, 2.45) is 10.2 Å². The Morgan fingerprint density at radius 3 is 2.71 bits per heavy atom. The van der Waals surface area contributed by atoms with E-state index in [0.29, 0.717) is 0 Å². The van der Waals surface area contributed by atoms with E-state index >= 15 is 0 Å². The molecule has 0 spiro atoms. The summed E-state index contributed by atoms with van der Waals surface area (Å²) in [6, 6.07) is 6.31. The van der Waals surface area contributed by atoms with E-state index < -0.39 is 0 Å². The second kappa shape index (κ2) is 5.81. The van der Waals surface area contributed by atoms with Crippen LogP contribution in [0.4, 0.5) is 5.69 Å². The van der Waals surface area contributed by atoms with Crippen LogP contribution in [0.5, 0.6) is 0 Å². The average molecular weight is 208 g/mol. The van der Waals surface area contributed by atoms with Crippen LogP contribution in [0.3, 0.4) is 0 Å². The summed E-state index contributed by atoms with van der Waals surface area (Å²) in [4.78, 5) is 1.32. The first kappa shape index (κ1) is 11.2. The third kappa shape index (κ3) is 3.14. The zero-order valence-electron chi connectivity index (χ0n) is 8.95. The van der Waals surface area contributed by atoms with E-state index in [0.717, 1.165) is 5.69 Å². The molecule has 0 amide bonds. The molecule has 0 unspecified atom stereocenters. The first-order valence-corrected chi connectivity index (χ1v) is 5.79. The van der Waals surface area contributed by atoms with Gasteiger partial charge in [0, 0.05) is 11.9 Å². The fourth-order valence-corrected chi connectivity index (χ4v) is 2.02. The molecule has 1 rings (SSSR count). The highest BCUT2D eigenvalue weighted by atomic mass is 32.2. The number of thioether (sulfide) groups is 1. The summed E-state index contributed by atoms with van der Waals surface area (Å²) in [6.45, 7) is 4.26. The van der Waals surface area contributed by atoms with E-state index in [1.807, 2.05) is 17.8 Å². The Bertz CT molecular complexity index is 321. The summed E-state index contributed by atoms with van der Waals surface area (Å²) in [7, 11) is 1.69. The molecule has 0 heterocycles. The number of hydrogen-bond acceptors (Lipinski definition) is 3. The van der Waals surface area contributed by atoms with Crippen molar-refractivity contribution in [1.82, 2.24) is 0 Å². The minimum atomic E-state index is 0.966. The monoisotopic (exact) mass is 208 g/mol. The Labute approximate surface area is 89.8 Å². The van der Waals surface area contributed by atoms with E-state index in [-0.39, 0.29) is 0 Å². The molecule has 0 saturated heterocycles. The Balaban J connectivity index is 2.78. The van der Waals surface area contributed by atoms with Gasteiger partial charge in [-0.3, -0.25) is 0 Å². The maximum absolute atomic E-state index is 4.04. The molecule has 0 fully saturated rings. The van der Waals surface area contributed by atoms with Crippen molar-refractivity contribution in [3.63, 3.8) is 0 Å². The number of azo groups is 1. The van der Waals surface area contributed by atoms with Gasteiger partial charge in [-0.1, -0.05) is 6.92 Å². The predicted octanol–water partition coefficient (Wildman–Crippen LogP) is 4.21. The summed E-state index contributed by atoms with van der Waals surface area (Å²) >= 11 is 1.89. The SMILES string of the molecule is CCCSc1ccc(/N=N/C)c(C)c1. The molecule has 0 bridgehead atoms. The van der Waals surface area contributed by atoms with Gasteiger partial charge in [0.05, 0.1) is 5.69 Å². The van der Waals surface area contributed by atoms with Crippen LogP contribution in [0.1, 0.15) is 18.9 Å². The van der Waals surface area contributed by atoms with E-state index in [9.17, 15) is 0 Å². The standard InChI is InChI=1S/C11H16N2S/c1-4-7-14-10-5-6-11(13-12-3)9(2)8-10/h5-6,8H,4,7H2,1-3H3/b13-12+. The largest absolute Gasteiger partial charge is 0.192 e. The number of hydrogen-bond donors (Lipinski definition) is 0. The minimum Gasteiger partial charge on any atom is -0.192 e. The molecule has 2 nitrogen and oxygen atoms in total. The smallest absolute Gasteiger partial charge is 0.0882 e. The molecular formula is C11H16N2S. The summed E-state index contributed by atoms with van der Waals surface area (Å²) in [5.41, 5.74) is 2.16. The fourth-order valence-electron chi connectivity index (χ4n) is 1.16. The van der Waals surface area contributed by atoms with Crippen molar-refractivity contribution in [2.45, 2.75) is 25.2 Å². The lowest BCUT2D eigenvalue weighted by Gasteiger charge is -2.03. The summed E-state index contributed by atoms with van der Waals surface area (Å²) < 4.78 is 0. The minimum absolute atomic E-state index is 0.966. The van der Waals surface area contributed by atoms with E-state index in [1.165, 1.54) is 22.6 Å². The lowest BCUT2D eigenvalue weighted by molar-refractivity contribution is 1.10. The molecule has 0 saturated carbocycles. The van der Waals surface area contributed by atoms with Crippen molar-refractivity contribution in [2.75, 3.05) is 12.8 Å². The Morgan fingerprint density at radius 1 is 1.36 bits per heavy atom. The lowest BCUT2D eigenvalue weighted by atomic mass is 10.2. The fraction of sp³-hybridized carbons (Fsp3) is 0.455. The predicted molar refractivity (Wildman–Crippen MR) is 62.6 cm³/mol. The Kier molecular flexibility index (Phi) is 4.66. The summed E-state index contributed by atoms with van der Waals surface area (Å²) in [5, 5.41) is 7.82. The molecule has 0 aliphatic heterocycles. The molecule has 14 heavy (non-hydrogen) atoms. The molecule has 0 aliphatic rings. The molecule has 76 valence electrons. The first-order valence-electron chi connectivity index (χ1n) is 4.81. The van der Waals surface area contributed by atoms with Crippen LogP contribution in [0.25, 0.3) is 0 Å². The zero-order valence-corrected chi connectivity index (χ0v) is 9.77. The van der Waals surface area contributed by atoms with Crippen LogP contribution in [0, 0.1) is 6.92 Å². The molecule has 3 heteroatoms. The number of benzene rings is 1. The lowest BCUT2D eigenvalue weighted by Crippen LogP contribution is -1.79. The summed E-state index contributed by atoms with van der Waals surface area (Å²) in [5.74, 6) is 1.17. The Morgan fingerprint density at radius 2 is 2.14 bits per heavy atom. The highest BCUT2D eigenvalue weighted by molar-refractivity contribution is 7.99. The highest BCUT2D eigenvalue weighted by Crippen LogP contribution is 2.26. The maximum atomic E-state index is 4.04. The molecule has 0 aliphatic carbocycles. The van der Waals surface area contributed by atoms with Gasteiger partial charge < -0.3 is 0 Å². The Hall–Kier alpha value is -0.830. The van der Waals surface area contributed by atoms with Crippen LogP contribution < -0.4 is 0 Å². The average Bonchev–Trinajstić information content (AvgIpc) is 2.19. The van der Waals surface area contributed by atoms with Crippen molar-refractivity contribution in [3.05, 3.63) is 23.8 Å². The van der Waals surface area contributed by atoms with Crippen molar-refractivity contribution < 1.29 is 0 Å². The molecule has 0 aromatic heterocycles. The molecule has 0 atom stereocenters. The quantitative estimate of drug-likeness (QED) is 0.537. The molecule has 0 radical (unpaired) electrons. The normalized spacial score (nSPS) is 11.1. The van der Waals surface area contributed by atoms with Gasteiger partial charge in [0.1, 0.15) is 0 Å². The van der Waals surface area contributed by atoms with Crippen LogP contribution in [0.15, 0.2) is 33.3 Å². The van der Waals surface area contributed by atoms with Crippen LogP contribution in [-0.4, -0.2) is 12.8 Å². The van der Waals surface area contributed by atoms with Crippen molar-refractivity contribution in [3.8, 4) is 0 Å². The van der Waals surface area contributed by atoms with Gasteiger partial charge in [0.15, 0.2) is 0 Å². The molecule has 1 aromatic carbocycles. The number of rotatable bonds is 4. The van der Waals surface area contributed by atoms with E-state index in [4.69, 9.17) is 0 Å². The maximum Gasteiger partial charge on any atom is 0.0882 e. The second-order valence-corrected chi connectivity index (χ2v) is 4.27. The molecule has 1 aromatic rings. The van der Waals surface area contributed by atoms with Gasteiger partial charge >= 0.3 is 0 Å². The molecule has 0 N–H and O–H groups in total.